The Balaban J connectivity index is 1.72. The first-order valence-electron chi connectivity index (χ1n) is 9.27. The van der Waals surface area contributed by atoms with Gasteiger partial charge in [-0.1, -0.05) is 23.7 Å². The van der Waals surface area contributed by atoms with Crippen molar-refractivity contribution in [3.05, 3.63) is 63.7 Å². The number of aromatic nitrogens is 4. The summed E-state index contributed by atoms with van der Waals surface area (Å²) in [5.41, 5.74) is 0.997. The van der Waals surface area contributed by atoms with Crippen molar-refractivity contribution in [2.24, 2.45) is 7.05 Å². The second-order valence-electron chi connectivity index (χ2n) is 7.13. The van der Waals surface area contributed by atoms with Crippen LogP contribution in [0.25, 0.3) is 16.9 Å². The van der Waals surface area contributed by atoms with E-state index in [2.05, 4.69) is 15.5 Å². The second kappa shape index (κ2) is 7.75. The molecule has 1 fully saturated rings. The van der Waals surface area contributed by atoms with Gasteiger partial charge in [0.15, 0.2) is 0 Å². The SMILES string of the molecule is CC(=O)N1CC(NC(=O)c2cc(-c3ccc(Cl)cc3)nn(-c3cnn(C)c3)c2=O)C1. The van der Waals surface area contributed by atoms with Crippen LogP contribution in [0.2, 0.25) is 5.02 Å². The van der Waals surface area contributed by atoms with E-state index in [9.17, 15) is 14.4 Å². The molecule has 9 nitrogen and oxygen atoms in total. The summed E-state index contributed by atoms with van der Waals surface area (Å²) in [6.07, 6.45) is 3.14. The van der Waals surface area contributed by atoms with E-state index in [4.69, 9.17) is 11.6 Å². The summed E-state index contributed by atoms with van der Waals surface area (Å²) < 4.78 is 2.71. The Morgan fingerprint density at radius 3 is 2.50 bits per heavy atom. The van der Waals surface area contributed by atoms with E-state index >= 15 is 0 Å². The Labute approximate surface area is 176 Å². The van der Waals surface area contributed by atoms with Gasteiger partial charge in [-0.05, 0) is 18.2 Å². The number of halogens is 1. The van der Waals surface area contributed by atoms with Crippen LogP contribution in [-0.2, 0) is 11.8 Å². The first kappa shape index (κ1) is 19.8. The van der Waals surface area contributed by atoms with Gasteiger partial charge in [0.1, 0.15) is 11.3 Å². The molecular weight excluding hydrogens is 408 g/mol. The van der Waals surface area contributed by atoms with E-state index in [0.717, 1.165) is 4.68 Å². The molecule has 1 aliphatic rings. The van der Waals surface area contributed by atoms with Crippen molar-refractivity contribution >= 4 is 23.4 Å². The molecule has 0 atom stereocenters. The van der Waals surface area contributed by atoms with Crippen LogP contribution < -0.4 is 10.9 Å². The van der Waals surface area contributed by atoms with Gasteiger partial charge in [0.25, 0.3) is 11.5 Å². The number of carbonyl (C=O) groups is 2. The second-order valence-corrected chi connectivity index (χ2v) is 7.57. The van der Waals surface area contributed by atoms with Crippen LogP contribution >= 0.6 is 11.6 Å². The van der Waals surface area contributed by atoms with E-state index < -0.39 is 11.5 Å². The predicted octanol–water partition coefficient (Wildman–Crippen LogP) is 1.25. The molecule has 0 bridgehead atoms. The summed E-state index contributed by atoms with van der Waals surface area (Å²) in [4.78, 5) is 38.9. The molecule has 0 spiro atoms. The molecular formula is C20H19ClN6O3. The van der Waals surface area contributed by atoms with Crippen LogP contribution in [0.3, 0.4) is 0 Å². The summed E-state index contributed by atoms with van der Waals surface area (Å²) in [7, 11) is 1.72. The fourth-order valence-corrected chi connectivity index (χ4v) is 3.33. The lowest BCUT2D eigenvalue weighted by Gasteiger charge is -2.38. The third-order valence-electron chi connectivity index (χ3n) is 4.89. The Kier molecular flexibility index (Phi) is 5.13. The average Bonchev–Trinajstić information content (AvgIpc) is 3.11. The van der Waals surface area contributed by atoms with Gasteiger partial charge in [0, 0.05) is 37.6 Å². The van der Waals surface area contributed by atoms with Crippen LogP contribution in [0.15, 0.2) is 47.5 Å². The van der Waals surface area contributed by atoms with Gasteiger partial charge >= 0.3 is 0 Å². The molecule has 30 heavy (non-hydrogen) atoms. The molecule has 3 aromatic rings. The summed E-state index contributed by atoms with van der Waals surface area (Å²) >= 11 is 5.97. The van der Waals surface area contributed by atoms with Gasteiger partial charge in [0.2, 0.25) is 5.91 Å². The highest BCUT2D eigenvalue weighted by molar-refractivity contribution is 6.30. The van der Waals surface area contributed by atoms with Gasteiger partial charge in [-0.3, -0.25) is 19.1 Å². The molecule has 0 radical (unpaired) electrons. The zero-order chi connectivity index (χ0) is 21.4. The first-order valence-corrected chi connectivity index (χ1v) is 9.65. The van der Waals surface area contributed by atoms with Gasteiger partial charge in [-0.25, -0.2) is 0 Å². The highest BCUT2D eigenvalue weighted by Crippen LogP contribution is 2.20. The van der Waals surface area contributed by atoms with Crippen molar-refractivity contribution in [3.8, 4) is 16.9 Å². The largest absolute Gasteiger partial charge is 0.346 e. The van der Waals surface area contributed by atoms with E-state index in [1.54, 1.807) is 47.1 Å². The molecule has 1 aliphatic heterocycles. The maximum Gasteiger partial charge on any atom is 0.284 e. The van der Waals surface area contributed by atoms with Crippen molar-refractivity contribution in [2.75, 3.05) is 13.1 Å². The van der Waals surface area contributed by atoms with Crippen molar-refractivity contribution in [1.29, 1.82) is 0 Å². The van der Waals surface area contributed by atoms with E-state index in [-0.39, 0.29) is 17.5 Å². The van der Waals surface area contributed by atoms with E-state index in [0.29, 0.717) is 35.1 Å². The number of carbonyl (C=O) groups excluding carboxylic acids is 2. The smallest absolute Gasteiger partial charge is 0.284 e. The Morgan fingerprint density at radius 1 is 1.20 bits per heavy atom. The highest BCUT2D eigenvalue weighted by Gasteiger charge is 2.31. The number of nitrogens with zero attached hydrogens (tertiary/aromatic N) is 5. The standard InChI is InChI=1S/C20H19ClN6O3/c1-12(28)26-9-15(10-26)23-19(29)17-7-18(13-3-5-14(21)6-4-13)24-27(20(17)30)16-8-22-25(2)11-16/h3-8,11,15H,9-10H2,1-2H3,(H,23,29). The van der Waals surface area contributed by atoms with Crippen LogP contribution in [0.5, 0.6) is 0 Å². The number of nitrogens with one attached hydrogen (secondary N) is 1. The van der Waals surface area contributed by atoms with E-state index in [1.165, 1.54) is 19.2 Å². The third-order valence-corrected chi connectivity index (χ3v) is 5.15. The van der Waals surface area contributed by atoms with Gasteiger partial charge in [-0.15, -0.1) is 0 Å². The molecule has 1 N–H and O–H groups in total. The van der Waals surface area contributed by atoms with Gasteiger partial charge in [-0.2, -0.15) is 14.9 Å². The molecule has 0 aliphatic carbocycles. The fourth-order valence-electron chi connectivity index (χ4n) is 3.20. The minimum absolute atomic E-state index is 0.0416. The monoisotopic (exact) mass is 426 g/mol. The number of aryl methyl sites for hydroxylation is 1. The quantitative estimate of drug-likeness (QED) is 0.676. The number of hydrogen-bond acceptors (Lipinski definition) is 5. The first-order chi connectivity index (χ1) is 14.3. The van der Waals surface area contributed by atoms with Crippen LogP contribution in [0, 0.1) is 0 Å². The lowest BCUT2D eigenvalue weighted by Crippen LogP contribution is -2.60. The number of amides is 2. The summed E-state index contributed by atoms with van der Waals surface area (Å²) in [5.74, 6) is -0.558. The maximum absolute atomic E-state index is 13.0. The van der Waals surface area contributed by atoms with Crippen LogP contribution in [-0.4, -0.2) is 55.4 Å². The predicted molar refractivity (Wildman–Crippen MR) is 111 cm³/mol. The maximum atomic E-state index is 13.0. The number of rotatable bonds is 4. The van der Waals surface area contributed by atoms with Crippen molar-refractivity contribution < 1.29 is 9.59 Å². The molecule has 154 valence electrons. The number of hydrogen-bond donors (Lipinski definition) is 1. The topological polar surface area (TPSA) is 102 Å². The third kappa shape index (κ3) is 3.84. The fraction of sp³-hybridized carbons (Fsp3) is 0.250. The zero-order valence-electron chi connectivity index (χ0n) is 16.4. The summed E-state index contributed by atoms with van der Waals surface area (Å²) in [6, 6.07) is 8.22. The zero-order valence-corrected chi connectivity index (χ0v) is 17.1. The minimum Gasteiger partial charge on any atom is -0.346 e. The number of benzene rings is 1. The molecule has 2 aromatic heterocycles. The Morgan fingerprint density at radius 2 is 1.90 bits per heavy atom. The average molecular weight is 427 g/mol. The molecule has 1 saturated heterocycles. The molecule has 4 rings (SSSR count). The van der Waals surface area contributed by atoms with Crippen molar-refractivity contribution in [2.45, 2.75) is 13.0 Å². The van der Waals surface area contributed by atoms with Gasteiger partial charge < -0.3 is 10.2 Å². The van der Waals surface area contributed by atoms with Crippen LogP contribution in [0.1, 0.15) is 17.3 Å². The Bertz CT molecular complexity index is 1180. The Hall–Kier alpha value is -3.46. The molecule has 0 saturated carbocycles. The molecule has 2 amide bonds. The summed E-state index contributed by atoms with van der Waals surface area (Å²) in [6.45, 7) is 2.33. The minimum atomic E-state index is -0.555. The van der Waals surface area contributed by atoms with Crippen LogP contribution in [0.4, 0.5) is 0 Å². The normalized spacial score (nSPS) is 13.8. The summed E-state index contributed by atoms with van der Waals surface area (Å²) in [5, 5.41) is 11.9. The highest BCUT2D eigenvalue weighted by atomic mass is 35.5. The van der Waals surface area contributed by atoms with E-state index in [1.807, 2.05) is 0 Å². The van der Waals surface area contributed by atoms with Gasteiger partial charge in [0.05, 0.1) is 24.1 Å². The molecule has 3 heterocycles. The lowest BCUT2D eigenvalue weighted by atomic mass is 10.1. The molecule has 1 aromatic carbocycles. The van der Waals surface area contributed by atoms with Crippen molar-refractivity contribution in [1.82, 2.24) is 29.8 Å². The lowest BCUT2D eigenvalue weighted by molar-refractivity contribution is -0.133. The molecule has 10 heteroatoms. The van der Waals surface area contributed by atoms with Crippen molar-refractivity contribution in [3.63, 3.8) is 0 Å². The molecule has 0 unspecified atom stereocenters. The number of likely N-dealkylation sites (tertiary alicyclic amines) is 1.